The zero-order valence-electron chi connectivity index (χ0n) is 7.01. The van der Waals surface area contributed by atoms with Crippen LogP contribution >= 0.6 is 22.9 Å². The number of hydrogen-bond donors (Lipinski definition) is 1. The third-order valence-electron chi connectivity index (χ3n) is 1.51. The van der Waals surface area contributed by atoms with Gasteiger partial charge in [-0.05, 0) is 12.8 Å². The first-order valence-electron chi connectivity index (χ1n) is 4.02. The van der Waals surface area contributed by atoms with E-state index in [4.69, 9.17) is 16.7 Å². The molecule has 0 fully saturated rings. The van der Waals surface area contributed by atoms with Crippen LogP contribution in [0, 0.1) is 0 Å². The number of aromatic nitrogens is 1. The number of halogens is 1. The lowest BCUT2D eigenvalue weighted by atomic mass is 10.3. The fourth-order valence-electron chi connectivity index (χ4n) is 0.961. The molecule has 0 saturated carbocycles. The Labute approximate surface area is 81.2 Å². The molecule has 1 heterocycles. The second-order valence-electron chi connectivity index (χ2n) is 2.55. The molecule has 1 aromatic heterocycles. The largest absolute Gasteiger partial charge is 0.396 e. The molecule has 0 atom stereocenters. The van der Waals surface area contributed by atoms with Gasteiger partial charge in [0.2, 0.25) is 0 Å². The van der Waals surface area contributed by atoms with Crippen molar-refractivity contribution in [3.63, 3.8) is 0 Å². The number of thiazole rings is 1. The van der Waals surface area contributed by atoms with E-state index in [1.807, 2.05) is 0 Å². The summed E-state index contributed by atoms with van der Waals surface area (Å²) in [6.45, 7) is 2.23. The summed E-state index contributed by atoms with van der Waals surface area (Å²) in [6, 6.07) is 0. The summed E-state index contributed by atoms with van der Waals surface area (Å²) in [4.78, 5) is 4.32. The normalized spacial score (nSPS) is 10.6. The second-order valence-corrected chi connectivity index (χ2v) is 4.24. The van der Waals surface area contributed by atoms with Gasteiger partial charge in [-0.25, -0.2) is 4.98 Å². The number of nitrogens with zero attached hydrogens (tertiary/aromatic N) is 1. The van der Waals surface area contributed by atoms with Crippen LogP contribution in [0.4, 0.5) is 0 Å². The number of aliphatic hydroxyl groups excluding tert-OH is 1. The van der Waals surface area contributed by atoms with Crippen LogP contribution in [0.25, 0.3) is 0 Å². The maximum atomic E-state index is 8.69. The van der Waals surface area contributed by atoms with Gasteiger partial charge in [0.05, 0.1) is 10.7 Å². The van der Waals surface area contributed by atoms with Crippen LogP contribution in [0.1, 0.15) is 24.0 Å². The minimum atomic E-state index is 0.120. The van der Waals surface area contributed by atoms with Crippen LogP contribution in [0.5, 0.6) is 0 Å². The summed E-state index contributed by atoms with van der Waals surface area (Å²) in [5.74, 6) is 0. The van der Waals surface area contributed by atoms with Gasteiger partial charge < -0.3 is 5.11 Å². The summed E-state index contributed by atoms with van der Waals surface area (Å²) in [6.07, 6.45) is 2.64. The van der Waals surface area contributed by atoms with Gasteiger partial charge >= 0.3 is 0 Å². The third-order valence-corrected chi connectivity index (χ3v) is 2.90. The first-order chi connectivity index (χ1) is 5.77. The lowest BCUT2D eigenvalue weighted by molar-refractivity contribution is 0.298. The Morgan fingerprint density at radius 1 is 1.50 bits per heavy atom. The van der Waals surface area contributed by atoms with Gasteiger partial charge in [0.15, 0.2) is 0 Å². The molecule has 1 N–H and O–H groups in total. The van der Waals surface area contributed by atoms with Crippen molar-refractivity contribution >= 4 is 22.9 Å². The fourth-order valence-corrected chi connectivity index (χ4v) is 2.30. The van der Waals surface area contributed by atoms with Crippen molar-refractivity contribution in [1.82, 2.24) is 4.98 Å². The summed E-state index contributed by atoms with van der Waals surface area (Å²) >= 11 is 7.43. The SMILES string of the molecule is CCCc1nc(CCO)c(Cl)s1. The van der Waals surface area contributed by atoms with Crippen LogP contribution in [-0.4, -0.2) is 16.7 Å². The van der Waals surface area contributed by atoms with Crippen molar-refractivity contribution < 1.29 is 5.11 Å². The van der Waals surface area contributed by atoms with E-state index in [0.717, 1.165) is 27.9 Å². The average Bonchev–Trinajstić information content (AvgIpc) is 2.34. The van der Waals surface area contributed by atoms with E-state index in [1.54, 1.807) is 0 Å². The maximum Gasteiger partial charge on any atom is 0.116 e. The molecule has 68 valence electrons. The first-order valence-corrected chi connectivity index (χ1v) is 5.22. The lowest BCUT2D eigenvalue weighted by Gasteiger charge is -1.90. The highest BCUT2D eigenvalue weighted by molar-refractivity contribution is 7.16. The van der Waals surface area contributed by atoms with Crippen LogP contribution in [-0.2, 0) is 12.8 Å². The molecule has 4 heteroatoms. The molecule has 0 unspecified atom stereocenters. The zero-order valence-corrected chi connectivity index (χ0v) is 8.58. The quantitative estimate of drug-likeness (QED) is 0.818. The van der Waals surface area contributed by atoms with Crippen LogP contribution in [0.3, 0.4) is 0 Å². The molecule has 1 rings (SSSR count). The average molecular weight is 206 g/mol. The van der Waals surface area contributed by atoms with E-state index in [0.29, 0.717) is 6.42 Å². The summed E-state index contributed by atoms with van der Waals surface area (Å²) < 4.78 is 0.729. The monoisotopic (exact) mass is 205 g/mol. The molecule has 0 radical (unpaired) electrons. The van der Waals surface area contributed by atoms with Crippen molar-refractivity contribution in [2.24, 2.45) is 0 Å². The summed E-state index contributed by atoms with van der Waals surface area (Å²) in [5, 5.41) is 9.76. The summed E-state index contributed by atoms with van der Waals surface area (Å²) in [7, 11) is 0. The minimum Gasteiger partial charge on any atom is -0.396 e. The molecule has 0 aliphatic heterocycles. The molecular weight excluding hydrogens is 194 g/mol. The van der Waals surface area contributed by atoms with Gasteiger partial charge in [0.1, 0.15) is 4.34 Å². The molecule has 12 heavy (non-hydrogen) atoms. The number of rotatable bonds is 4. The van der Waals surface area contributed by atoms with Crippen LogP contribution in [0.15, 0.2) is 0 Å². The Kier molecular flexibility index (Phi) is 3.98. The van der Waals surface area contributed by atoms with Crippen molar-refractivity contribution in [3.05, 3.63) is 15.0 Å². The van der Waals surface area contributed by atoms with E-state index in [9.17, 15) is 0 Å². The first kappa shape index (κ1) is 9.96. The van der Waals surface area contributed by atoms with Gasteiger partial charge in [-0.2, -0.15) is 0 Å². The zero-order chi connectivity index (χ0) is 8.97. The highest BCUT2D eigenvalue weighted by atomic mass is 35.5. The van der Waals surface area contributed by atoms with E-state index in [-0.39, 0.29) is 6.61 Å². The third kappa shape index (κ3) is 2.44. The van der Waals surface area contributed by atoms with Crippen molar-refractivity contribution in [3.8, 4) is 0 Å². The van der Waals surface area contributed by atoms with Crippen LogP contribution < -0.4 is 0 Å². The van der Waals surface area contributed by atoms with Crippen molar-refractivity contribution in [2.75, 3.05) is 6.61 Å². The molecule has 0 spiro atoms. The van der Waals surface area contributed by atoms with Gasteiger partial charge in [-0.1, -0.05) is 18.5 Å². The second kappa shape index (κ2) is 4.80. The Balaban J connectivity index is 2.70. The standard InChI is InChI=1S/C8H12ClNOS/c1-2-3-7-10-6(4-5-11)8(9)12-7/h11H,2-5H2,1H3. The van der Waals surface area contributed by atoms with E-state index in [2.05, 4.69) is 11.9 Å². The predicted molar refractivity (Wildman–Crippen MR) is 51.9 cm³/mol. The highest BCUT2D eigenvalue weighted by Crippen LogP contribution is 2.25. The van der Waals surface area contributed by atoms with Crippen molar-refractivity contribution in [2.45, 2.75) is 26.2 Å². The fraction of sp³-hybridized carbons (Fsp3) is 0.625. The van der Waals surface area contributed by atoms with Gasteiger partial charge in [0, 0.05) is 13.0 Å². The van der Waals surface area contributed by atoms with E-state index < -0.39 is 0 Å². The van der Waals surface area contributed by atoms with Crippen molar-refractivity contribution in [1.29, 1.82) is 0 Å². The van der Waals surface area contributed by atoms with E-state index >= 15 is 0 Å². The Hall–Kier alpha value is -0.120. The van der Waals surface area contributed by atoms with Crippen LogP contribution in [0.2, 0.25) is 4.34 Å². The Bertz CT molecular complexity index is 249. The Morgan fingerprint density at radius 2 is 2.25 bits per heavy atom. The molecule has 0 aromatic carbocycles. The topological polar surface area (TPSA) is 33.1 Å². The van der Waals surface area contributed by atoms with Gasteiger partial charge in [-0.3, -0.25) is 0 Å². The maximum absolute atomic E-state index is 8.69. The molecule has 0 bridgehead atoms. The minimum absolute atomic E-state index is 0.120. The highest BCUT2D eigenvalue weighted by Gasteiger charge is 2.07. The van der Waals surface area contributed by atoms with Gasteiger partial charge in [-0.15, -0.1) is 11.3 Å². The molecule has 2 nitrogen and oxygen atoms in total. The smallest absolute Gasteiger partial charge is 0.116 e. The molecule has 1 aromatic rings. The van der Waals surface area contributed by atoms with Gasteiger partial charge in [0.25, 0.3) is 0 Å². The lowest BCUT2D eigenvalue weighted by Crippen LogP contribution is -1.92. The molecule has 0 saturated heterocycles. The molecule has 0 aliphatic rings. The molecular formula is C8H12ClNOS. The van der Waals surface area contributed by atoms with E-state index in [1.165, 1.54) is 11.3 Å². The number of aliphatic hydroxyl groups is 1. The number of aryl methyl sites for hydroxylation is 1. The summed E-state index contributed by atoms with van der Waals surface area (Å²) in [5.41, 5.74) is 0.840. The predicted octanol–water partition coefficient (Wildman–Crippen LogP) is 2.28. The number of hydrogen-bond acceptors (Lipinski definition) is 3. The Morgan fingerprint density at radius 3 is 2.83 bits per heavy atom. The molecule has 0 aliphatic carbocycles. The molecule has 0 amide bonds.